The lowest BCUT2D eigenvalue weighted by Gasteiger charge is -2.34. The molecule has 0 unspecified atom stereocenters. The molecule has 4 heterocycles. The van der Waals surface area contributed by atoms with E-state index in [-0.39, 0.29) is 5.91 Å². The van der Waals surface area contributed by atoms with Gasteiger partial charge in [-0.25, -0.2) is 4.98 Å². The molecule has 0 radical (unpaired) electrons. The first-order valence-electron chi connectivity index (χ1n) is 9.51. The molecule has 5 nitrogen and oxygen atoms in total. The van der Waals surface area contributed by atoms with Crippen LogP contribution in [0.2, 0.25) is 0 Å². The normalized spacial score (nSPS) is 22.0. The monoisotopic (exact) mass is 370 g/mol. The molecule has 4 rings (SSSR count). The number of amides is 1. The van der Waals surface area contributed by atoms with Crippen LogP contribution in [-0.2, 0) is 6.54 Å². The van der Waals surface area contributed by atoms with E-state index in [1.54, 1.807) is 5.51 Å². The van der Waals surface area contributed by atoms with Crippen LogP contribution in [0.3, 0.4) is 0 Å². The fourth-order valence-electron chi connectivity index (χ4n) is 4.34. The Bertz CT molecular complexity index is 739. The number of likely N-dealkylation sites (tertiary alicyclic amines) is 2. The third-order valence-electron chi connectivity index (χ3n) is 5.88. The molecule has 2 fully saturated rings. The molecule has 2 aliphatic heterocycles. The van der Waals surface area contributed by atoms with E-state index in [0.29, 0.717) is 5.92 Å². The second-order valence-electron chi connectivity index (χ2n) is 7.54. The van der Waals surface area contributed by atoms with Crippen molar-refractivity contribution < 1.29 is 4.79 Å². The highest BCUT2D eigenvalue weighted by atomic mass is 32.1. The average molecular weight is 371 g/mol. The molecule has 2 aromatic heterocycles. The second kappa shape index (κ2) is 7.84. The second-order valence-corrected chi connectivity index (χ2v) is 8.40. The molecule has 1 amide bonds. The molecule has 0 N–H and O–H groups in total. The minimum Gasteiger partial charge on any atom is -0.338 e. The summed E-state index contributed by atoms with van der Waals surface area (Å²) in [5.41, 5.74) is 3.93. The number of aryl methyl sites for hydroxylation is 1. The van der Waals surface area contributed by atoms with Gasteiger partial charge in [-0.3, -0.25) is 14.7 Å². The van der Waals surface area contributed by atoms with Crippen LogP contribution in [0.15, 0.2) is 30.0 Å². The fourth-order valence-corrected chi connectivity index (χ4v) is 5.11. The zero-order chi connectivity index (χ0) is 17.9. The maximum Gasteiger partial charge on any atom is 0.265 e. The molecular weight excluding hydrogens is 344 g/mol. The van der Waals surface area contributed by atoms with Crippen LogP contribution in [0.4, 0.5) is 0 Å². The molecule has 0 aromatic carbocycles. The smallest absolute Gasteiger partial charge is 0.265 e. The molecule has 2 aliphatic rings. The zero-order valence-electron chi connectivity index (χ0n) is 15.3. The minimum absolute atomic E-state index is 0.182. The summed E-state index contributed by atoms with van der Waals surface area (Å²) in [6, 6.07) is 4.16. The molecule has 138 valence electrons. The third kappa shape index (κ3) is 3.81. The Labute approximate surface area is 159 Å². The maximum atomic E-state index is 12.7. The lowest BCUT2D eigenvalue weighted by atomic mass is 9.83. The van der Waals surface area contributed by atoms with Crippen LogP contribution in [0.5, 0.6) is 0 Å². The fraction of sp³-hybridized carbons (Fsp3) is 0.550. The van der Waals surface area contributed by atoms with Gasteiger partial charge in [0.1, 0.15) is 4.88 Å². The number of rotatable bonds is 4. The van der Waals surface area contributed by atoms with Crippen molar-refractivity contribution >= 4 is 17.2 Å². The van der Waals surface area contributed by atoms with Crippen molar-refractivity contribution in [3.63, 3.8) is 0 Å². The van der Waals surface area contributed by atoms with Crippen molar-refractivity contribution in [1.29, 1.82) is 0 Å². The quantitative estimate of drug-likeness (QED) is 0.829. The summed E-state index contributed by atoms with van der Waals surface area (Å²) < 4.78 is 0. The number of nitrogens with zero attached hydrogens (tertiary/aromatic N) is 4. The average Bonchev–Trinajstić information content (AvgIpc) is 3.32. The zero-order valence-corrected chi connectivity index (χ0v) is 16.1. The summed E-state index contributed by atoms with van der Waals surface area (Å²) in [6.45, 7) is 7.05. The van der Waals surface area contributed by atoms with Gasteiger partial charge in [0.25, 0.3) is 5.91 Å². The Hall–Kier alpha value is -1.79. The van der Waals surface area contributed by atoms with Gasteiger partial charge in [-0.15, -0.1) is 11.3 Å². The molecule has 0 aliphatic carbocycles. The number of carbonyl (C=O) groups excluding carboxylic acids is 1. The number of hydrogen-bond acceptors (Lipinski definition) is 5. The van der Waals surface area contributed by atoms with Gasteiger partial charge in [-0.1, -0.05) is 6.07 Å². The minimum atomic E-state index is 0.182. The molecule has 0 bridgehead atoms. The van der Waals surface area contributed by atoms with Gasteiger partial charge in [0.05, 0.1) is 11.2 Å². The van der Waals surface area contributed by atoms with Crippen molar-refractivity contribution in [2.75, 3.05) is 26.2 Å². The topological polar surface area (TPSA) is 49.3 Å². The van der Waals surface area contributed by atoms with Crippen molar-refractivity contribution in [1.82, 2.24) is 19.8 Å². The molecule has 2 aromatic rings. The number of piperidine rings is 1. The SMILES string of the molecule is Cc1ncsc1C(=O)N1CC[C@H](C2CCN(Cc3cccnc3)CC2)C1. The largest absolute Gasteiger partial charge is 0.338 e. The number of thiazole rings is 1. The van der Waals surface area contributed by atoms with Gasteiger partial charge in [0.2, 0.25) is 0 Å². The standard InChI is InChI=1S/C20H26N4OS/c1-15-19(26-14-22-15)20(25)24-10-6-18(13-24)17-4-8-23(9-5-17)12-16-3-2-7-21-11-16/h2-3,7,11,14,17-18H,4-6,8-10,12-13H2,1H3/t18-/m0/s1. The highest BCUT2D eigenvalue weighted by Gasteiger charge is 2.34. The van der Waals surface area contributed by atoms with Crippen molar-refractivity contribution in [3.05, 3.63) is 46.2 Å². The van der Waals surface area contributed by atoms with Crippen LogP contribution in [0.1, 0.15) is 40.2 Å². The first kappa shape index (κ1) is 17.6. The molecule has 6 heteroatoms. The maximum absolute atomic E-state index is 12.7. The van der Waals surface area contributed by atoms with E-state index in [4.69, 9.17) is 0 Å². The molecule has 0 saturated carbocycles. The van der Waals surface area contributed by atoms with E-state index in [9.17, 15) is 4.79 Å². The van der Waals surface area contributed by atoms with E-state index in [1.807, 2.05) is 30.3 Å². The predicted molar refractivity (Wildman–Crippen MR) is 103 cm³/mol. The van der Waals surface area contributed by atoms with E-state index < -0.39 is 0 Å². The van der Waals surface area contributed by atoms with Gasteiger partial charge in [0.15, 0.2) is 0 Å². The molecule has 2 saturated heterocycles. The number of hydrogen-bond donors (Lipinski definition) is 0. The Morgan fingerprint density at radius 2 is 2.04 bits per heavy atom. The van der Waals surface area contributed by atoms with Gasteiger partial charge >= 0.3 is 0 Å². The van der Waals surface area contributed by atoms with Crippen LogP contribution in [0, 0.1) is 18.8 Å². The third-order valence-corrected chi connectivity index (χ3v) is 6.80. The summed E-state index contributed by atoms with van der Waals surface area (Å²) in [4.78, 5) is 26.5. The van der Waals surface area contributed by atoms with Gasteiger partial charge in [0, 0.05) is 32.0 Å². The summed E-state index contributed by atoms with van der Waals surface area (Å²) >= 11 is 1.47. The van der Waals surface area contributed by atoms with Gasteiger partial charge in [-0.2, -0.15) is 0 Å². The lowest BCUT2D eigenvalue weighted by Crippen LogP contribution is -2.37. The number of aromatic nitrogens is 2. The Balaban J connectivity index is 1.28. The van der Waals surface area contributed by atoms with Crippen LogP contribution in [-0.4, -0.2) is 51.9 Å². The van der Waals surface area contributed by atoms with E-state index >= 15 is 0 Å². The van der Waals surface area contributed by atoms with Crippen molar-refractivity contribution in [2.45, 2.75) is 32.7 Å². The van der Waals surface area contributed by atoms with Crippen LogP contribution >= 0.6 is 11.3 Å². The van der Waals surface area contributed by atoms with E-state index in [1.165, 1.54) is 29.7 Å². The molecule has 26 heavy (non-hydrogen) atoms. The first-order valence-corrected chi connectivity index (χ1v) is 10.4. The van der Waals surface area contributed by atoms with Crippen LogP contribution in [0.25, 0.3) is 0 Å². The number of carbonyl (C=O) groups is 1. The molecular formula is C20H26N4OS. The van der Waals surface area contributed by atoms with Crippen LogP contribution < -0.4 is 0 Å². The highest BCUT2D eigenvalue weighted by Crippen LogP contribution is 2.33. The Morgan fingerprint density at radius 3 is 2.73 bits per heavy atom. The van der Waals surface area contributed by atoms with Gasteiger partial charge < -0.3 is 4.90 Å². The lowest BCUT2D eigenvalue weighted by molar-refractivity contribution is 0.0776. The summed E-state index contributed by atoms with van der Waals surface area (Å²) in [5.74, 6) is 1.59. The van der Waals surface area contributed by atoms with E-state index in [0.717, 1.165) is 55.6 Å². The highest BCUT2D eigenvalue weighted by molar-refractivity contribution is 7.11. The predicted octanol–water partition coefficient (Wildman–Crippen LogP) is 3.22. The van der Waals surface area contributed by atoms with E-state index in [2.05, 4.69) is 20.9 Å². The molecule has 0 spiro atoms. The Kier molecular flexibility index (Phi) is 5.31. The Morgan fingerprint density at radius 1 is 1.23 bits per heavy atom. The van der Waals surface area contributed by atoms with Crippen molar-refractivity contribution in [3.8, 4) is 0 Å². The van der Waals surface area contributed by atoms with Crippen molar-refractivity contribution in [2.24, 2.45) is 11.8 Å². The first-order chi connectivity index (χ1) is 12.7. The molecule has 1 atom stereocenters. The van der Waals surface area contributed by atoms with Gasteiger partial charge in [-0.05, 0) is 62.7 Å². The summed E-state index contributed by atoms with van der Waals surface area (Å²) in [5, 5.41) is 0. The summed E-state index contributed by atoms with van der Waals surface area (Å²) in [6.07, 6.45) is 7.43. The summed E-state index contributed by atoms with van der Waals surface area (Å²) in [7, 11) is 0. The number of pyridine rings is 1.